The molecule has 0 saturated carbocycles. The van der Waals surface area contributed by atoms with Gasteiger partial charge in [-0.1, -0.05) is 49.2 Å². The molecule has 4 aromatic carbocycles. The van der Waals surface area contributed by atoms with E-state index < -0.39 is 11.6 Å². The fourth-order valence-electron chi connectivity index (χ4n) is 3.31. The highest BCUT2D eigenvalue weighted by molar-refractivity contribution is 5.84. The molecule has 0 aromatic heterocycles. The molecule has 0 bridgehead atoms. The Labute approximate surface area is 197 Å². The number of rotatable bonds is 4. The van der Waals surface area contributed by atoms with Gasteiger partial charge in [0, 0.05) is 16.7 Å². The molecule has 0 amide bonds. The third kappa shape index (κ3) is 5.80. The molecule has 0 aliphatic heterocycles. The monoisotopic (exact) mass is 454 g/mol. The van der Waals surface area contributed by atoms with E-state index >= 15 is 0 Å². The minimum Gasteiger partial charge on any atom is -0.494 e. The van der Waals surface area contributed by atoms with Crippen molar-refractivity contribution in [3.63, 3.8) is 0 Å². The van der Waals surface area contributed by atoms with Gasteiger partial charge in [0.1, 0.15) is 23.2 Å². The zero-order chi connectivity index (χ0) is 23.9. The summed E-state index contributed by atoms with van der Waals surface area (Å²) in [5.74, 6) is 9.92. The summed E-state index contributed by atoms with van der Waals surface area (Å²) in [6.07, 6.45) is 2.05. The Kier molecular flexibility index (Phi) is 7.21. The summed E-state index contributed by atoms with van der Waals surface area (Å²) >= 11 is 0. The quantitative estimate of drug-likeness (QED) is 0.233. The molecule has 1 nitrogen and oxygen atoms in total. The van der Waals surface area contributed by atoms with Gasteiger partial charge in [-0.25, -0.2) is 13.2 Å². The molecule has 0 aliphatic rings. The lowest BCUT2D eigenvalue weighted by atomic mass is 10.1. The van der Waals surface area contributed by atoms with Crippen molar-refractivity contribution in [2.75, 3.05) is 6.61 Å². The highest BCUT2D eigenvalue weighted by Crippen LogP contribution is 2.18. The molecule has 0 atom stereocenters. The number of halogens is 3. The Morgan fingerprint density at radius 3 is 2.00 bits per heavy atom. The van der Waals surface area contributed by atoms with Crippen LogP contribution >= 0.6 is 0 Å². The Morgan fingerprint density at radius 2 is 1.26 bits per heavy atom. The fraction of sp³-hybridized carbons (Fsp3) is 0.133. The standard InChI is InChI=1S/C30H21F3O/c1-2-3-16-34-27-13-7-21(8-14-27)4-5-23-18-29(32)28(30(33)19-23)15-9-22-6-10-25-20-26(31)12-11-24(25)17-22/h6-8,10-14,17-20H,2-3,16H2,1H3. The Balaban J connectivity index is 1.51. The summed E-state index contributed by atoms with van der Waals surface area (Å²) < 4.78 is 48.1. The number of unbranched alkanes of at least 4 members (excludes halogenated alkanes) is 1. The van der Waals surface area contributed by atoms with Crippen LogP contribution in [-0.4, -0.2) is 6.61 Å². The average molecular weight is 454 g/mol. The van der Waals surface area contributed by atoms with Gasteiger partial charge in [0.2, 0.25) is 0 Å². The topological polar surface area (TPSA) is 9.23 Å². The third-order valence-corrected chi connectivity index (χ3v) is 5.15. The molecule has 0 radical (unpaired) electrons. The largest absolute Gasteiger partial charge is 0.494 e. The fourth-order valence-corrected chi connectivity index (χ4v) is 3.31. The van der Waals surface area contributed by atoms with Gasteiger partial charge in [-0.3, -0.25) is 0 Å². The van der Waals surface area contributed by atoms with Gasteiger partial charge in [0.05, 0.1) is 12.2 Å². The number of fused-ring (bicyclic) bond motifs is 1. The highest BCUT2D eigenvalue weighted by Gasteiger charge is 2.08. The normalized spacial score (nSPS) is 10.2. The Morgan fingerprint density at radius 1 is 0.647 bits per heavy atom. The van der Waals surface area contributed by atoms with Crippen LogP contribution in [0.1, 0.15) is 42.0 Å². The van der Waals surface area contributed by atoms with Crippen LogP contribution in [0, 0.1) is 41.1 Å². The summed E-state index contributed by atoms with van der Waals surface area (Å²) in [6, 6.07) is 19.2. The lowest BCUT2D eigenvalue weighted by Crippen LogP contribution is -1.95. The van der Waals surface area contributed by atoms with Gasteiger partial charge in [0.25, 0.3) is 0 Å². The van der Waals surface area contributed by atoms with Crippen LogP contribution < -0.4 is 4.74 Å². The van der Waals surface area contributed by atoms with Crippen molar-refractivity contribution in [2.24, 2.45) is 0 Å². The maximum Gasteiger partial charge on any atom is 0.143 e. The summed E-state index contributed by atoms with van der Waals surface area (Å²) in [5.41, 5.74) is 1.18. The van der Waals surface area contributed by atoms with Crippen molar-refractivity contribution < 1.29 is 17.9 Å². The smallest absolute Gasteiger partial charge is 0.143 e. The maximum atomic E-state index is 14.6. The van der Waals surface area contributed by atoms with E-state index in [4.69, 9.17) is 4.74 Å². The predicted molar refractivity (Wildman–Crippen MR) is 129 cm³/mol. The SMILES string of the molecule is CCCCOc1ccc(C#Cc2cc(F)c(C#Cc3ccc4cc(F)ccc4c3)c(F)c2)cc1. The van der Waals surface area contributed by atoms with E-state index in [1.54, 1.807) is 36.4 Å². The molecule has 4 heteroatoms. The maximum absolute atomic E-state index is 14.6. The van der Waals surface area contributed by atoms with E-state index in [-0.39, 0.29) is 16.9 Å². The minimum absolute atomic E-state index is 0.219. The van der Waals surface area contributed by atoms with Gasteiger partial charge in [-0.2, -0.15) is 0 Å². The molecule has 4 aromatic rings. The first-order valence-electron chi connectivity index (χ1n) is 11.0. The van der Waals surface area contributed by atoms with Crippen molar-refractivity contribution >= 4 is 10.8 Å². The first-order valence-corrected chi connectivity index (χ1v) is 11.0. The van der Waals surface area contributed by atoms with Crippen molar-refractivity contribution in [3.8, 4) is 29.4 Å². The van der Waals surface area contributed by atoms with Gasteiger partial charge in [-0.05, 0) is 77.9 Å². The molecule has 0 spiro atoms. The number of ether oxygens (including phenoxy) is 1. The first-order chi connectivity index (χ1) is 16.5. The Hall–Kier alpha value is -4.15. The van der Waals surface area contributed by atoms with Crippen LogP contribution in [-0.2, 0) is 0 Å². The summed E-state index contributed by atoms with van der Waals surface area (Å²) in [7, 11) is 0. The van der Waals surface area contributed by atoms with Crippen molar-refractivity contribution in [1.82, 2.24) is 0 Å². The van der Waals surface area contributed by atoms with E-state index in [9.17, 15) is 13.2 Å². The van der Waals surface area contributed by atoms with Crippen LogP contribution in [0.2, 0.25) is 0 Å². The van der Waals surface area contributed by atoms with Gasteiger partial charge >= 0.3 is 0 Å². The zero-order valence-electron chi connectivity index (χ0n) is 18.6. The molecule has 0 fully saturated rings. The molecule has 0 unspecified atom stereocenters. The second kappa shape index (κ2) is 10.6. The molecular formula is C30H21F3O. The van der Waals surface area contributed by atoms with Crippen LogP contribution in [0.4, 0.5) is 13.2 Å². The summed E-state index contributed by atoms with van der Waals surface area (Å²) in [6.45, 7) is 2.76. The van der Waals surface area contributed by atoms with E-state index in [1.165, 1.54) is 24.3 Å². The second-order valence-corrected chi connectivity index (χ2v) is 7.75. The lowest BCUT2D eigenvalue weighted by Gasteiger charge is -2.04. The predicted octanol–water partition coefficient (Wildman–Crippen LogP) is 7.24. The molecule has 4 rings (SSSR count). The molecule has 168 valence electrons. The molecule has 0 saturated heterocycles. The van der Waals surface area contributed by atoms with E-state index in [2.05, 4.69) is 30.6 Å². The van der Waals surface area contributed by atoms with E-state index in [1.807, 2.05) is 12.1 Å². The second-order valence-electron chi connectivity index (χ2n) is 7.75. The third-order valence-electron chi connectivity index (χ3n) is 5.15. The number of hydrogen-bond acceptors (Lipinski definition) is 1. The van der Waals surface area contributed by atoms with Crippen LogP contribution in [0.15, 0.2) is 72.8 Å². The van der Waals surface area contributed by atoms with Crippen molar-refractivity contribution in [1.29, 1.82) is 0 Å². The molecule has 0 N–H and O–H groups in total. The molecule has 34 heavy (non-hydrogen) atoms. The Bertz CT molecular complexity index is 1430. The highest BCUT2D eigenvalue weighted by atomic mass is 19.1. The number of benzene rings is 4. The zero-order valence-corrected chi connectivity index (χ0v) is 18.6. The summed E-state index contributed by atoms with van der Waals surface area (Å²) in [4.78, 5) is 0. The first kappa shape index (κ1) is 23.0. The molecule has 0 aliphatic carbocycles. The molecule has 0 heterocycles. The van der Waals surface area contributed by atoms with Crippen LogP contribution in [0.5, 0.6) is 5.75 Å². The van der Waals surface area contributed by atoms with Crippen LogP contribution in [0.25, 0.3) is 10.8 Å². The lowest BCUT2D eigenvalue weighted by molar-refractivity contribution is 0.309. The number of hydrogen-bond donors (Lipinski definition) is 0. The van der Waals surface area contributed by atoms with Crippen LogP contribution in [0.3, 0.4) is 0 Å². The minimum atomic E-state index is -0.778. The van der Waals surface area contributed by atoms with Gasteiger partial charge < -0.3 is 4.74 Å². The van der Waals surface area contributed by atoms with E-state index in [0.717, 1.165) is 29.4 Å². The summed E-state index contributed by atoms with van der Waals surface area (Å²) in [5, 5.41) is 1.52. The van der Waals surface area contributed by atoms with Crippen molar-refractivity contribution in [2.45, 2.75) is 19.8 Å². The average Bonchev–Trinajstić information content (AvgIpc) is 2.83. The van der Waals surface area contributed by atoms with Gasteiger partial charge in [0.15, 0.2) is 0 Å². The van der Waals surface area contributed by atoms with Gasteiger partial charge in [-0.15, -0.1) is 0 Å². The van der Waals surface area contributed by atoms with Crippen molar-refractivity contribution in [3.05, 3.63) is 113 Å². The molecular weight excluding hydrogens is 433 g/mol. The van der Waals surface area contributed by atoms with E-state index in [0.29, 0.717) is 17.7 Å².